The van der Waals surface area contributed by atoms with E-state index in [0.717, 1.165) is 0 Å². The van der Waals surface area contributed by atoms with Crippen molar-refractivity contribution in [2.75, 3.05) is 6.61 Å². The van der Waals surface area contributed by atoms with Gasteiger partial charge in [0.2, 0.25) is 0 Å². The van der Waals surface area contributed by atoms with Gasteiger partial charge in [-0.2, -0.15) is 0 Å². The number of dihydropyridines is 1. The minimum absolute atomic E-state index is 0.143. The Balaban J connectivity index is 2.69. The van der Waals surface area contributed by atoms with E-state index in [9.17, 15) is 19.7 Å². The molecule has 0 spiro atoms. The molecule has 1 unspecified atom stereocenters. The number of carbonyl (C=O) groups excluding carboxylic acids is 2. The molecule has 0 saturated carbocycles. The Morgan fingerprint density at radius 3 is 2.48 bits per heavy atom. The van der Waals surface area contributed by atoms with Crippen molar-refractivity contribution in [1.82, 2.24) is 5.32 Å². The topological polar surface area (TPSA) is 98.5 Å². The number of nitrogens with zero attached hydrogens (tertiary/aromatic N) is 1. The van der Waals surface area contributed by atoms with Crippen LogP contribution >= 0.6 is 11.6 Å². The van der Waals surface area contributed by atoms with E-state index in [1.165, 1.54) is 18.2 Å². The van der Waals surface area contributed by atoms with E-state index < -0.39 is 22.1 Å². The first-order valence-corrected chi connectivity index (χ1v) is 7.95. The third-order valence-electron chi connectivity index (χ3n) is 3.88. The maximum absolute atomic E-state index is 12.5. The Bertz CT molecular complexity index is 813. The van der Waals surface area contributed by atoms with Crippen LogP contribution in [0.1, 0.15) is 32.3 Å². The fraction of sp³-hybridized carbons (Fsp3) is 0.294. The molecule has 1 aliphatic rings. The number of halogens is 1. The molecule has 7 nitrogen and oxygen atoms in total. The van der Waals surface area contributed by atoms with E-state index in [0.29, 0.717) is 17.0 Å². The van der Waals surface area contributed by atoms with Crippen LogP contribution in [0.5, 0.6) is 0 Å². The van der Waals surface area contributed by atoms with Gasteiger partial charge in [-0.1, -0.05) is 12.1 Å². The molecule has 8 heteroatoms. The second-order valence-corrected chi connectivity index (χ2v) is 5.82. The van der Waals surface area contributed by atoms with Gasteiger partial charge in [0.05, 0.1) is 17.1 Å². The summed E-state index contributed by atoms with van der Waals surface area (Å²) in [6.45, 7) is 5.16. The van der Waals surface area contributed by atoms with Gasteiger partial charge in [-0.25, -0.2) is 4.79 Å². The van der Waals surface area contributed by atoms with E-state index in [-0.39, 0.29) is 23.4 Å². The number of ether oxygens (including phenoxy) is 1. The van der Waals surface area contributed by atoms with Crippen LogP contribution < -0.4 is 5.32 Å². The van der Waals surface area contributed by atoms with Gasteiger partial charge in [-0.3, -0.25) is 14.9 Å². The first kappa shape index (κ1) is 18.7. The Kier molecular flexibility index (Phi) is 5.58. The minimum Gasteiger partial charge on any atom is -0.463 e. The van der Waals surface area contributed by atoms with Crippen molar-refractivity contribution in [2.45, 2.75) is 26.7 Å². The summed E-state index contributed by atoms with van der Waals surface area (Å²) in [5.41, 5.74) is 1.64. The molecule has 132 valence electrons. The Hall–Kier alpha value is -2.67. The minimum atomic E-state index is -0.842. The van der Waals surface area contributed by atoms with Crippen molar-refractivity contribution in [3.63, 3.8) is 0 Å². The van der Waals surface area contributed by atoms with Crippen molar-refractivity contribution in [2.24, 2.45) is 0 Å². The summed E-state index contributed by atoms with van der Waals surface area (Å²) >= 11 is 5.75. The number of non-ortho nitro benzene ring substituents is 1. The maximum Gasteiger partial charge on any atom is 0.336 e. The molecule has 1 N–H and O–H groups in total. The molecule has 0 aromatic heterocycles. The molecule has 0 saturated heterocycles. The Labute approximate surface area is 149 Å². The summed E-state index contributed by atoms with van der Waals surface area (Å²) < 4.78 is 5.10. The highest BCUT2D eigenvalue weighted by atomic mass is 35.5. The number of rotatable bonds is 5. The number of nitro benzene ring substituents is 1. The van der Waals surface area contributed by atoms with Gasteiger partial charge in [0, 0.05) is 35.0 Å². The van der Waals surface area contributed by atoms with Crippen LogP contribution in [-0.4, -0.2) is 22.7 Å². The molecule has 2 rings (SSSR count). The number of allylic oxidation sites excluding steroid dienone is 3. The highest BCUT2D eigenvalue weighted by Gasteiger charge is 2.37. The van der Waals surface area contributed by atoms with E-state index >= 15 is 0 Å². The molecule has 0 radical (unpaired) electrons. The number of nitrogens with one attached hydrogen (secondary N) is 1. The summed E-state index contributed by atoms with van der Waals surface area (Å²) in [7, 11) is 0. The van der Waals surface area contributed by atoms with Crippen LogP contribution in [0.4, 0.5) is 5.69 Å². The summed E-state index contributed by atoms with van der Waals surface area (Å²) in [6, 6.07) is 5.78. The molecule has 1 atom stereocenters. The zero-order chi connectivity index (χ0) is 18.7. The van der Waals surface area contributed by atoms with Crippen LogP contribution in [0.15, 0.2) is 46.8 Å². The largest absolute Gasteiger partial charge is 0.463 e. The van der Waals surface area contributed by atoms with Gasteiger partial charge in [0.15, 0.2) is 0 Å². The summed E-state index contributed by atoms with van der Waals surface area (Å²) in [5.74, 6) is -1.45. The predicted octanol–water partition coefficient (Wildman–Crippen LogP) is 3.16. The zero-order valence-corrected chi connectivity index (χ0v) is 14.7. The molecule has 1 heterocycles. The van der Waals surface area contributed by atoms with Gasteiger partial charge in [0.25, 0.3) is 10.9 Å². The molecule has 0 amide bonds. The standard InChI is InChI=1S/C17H17ClN2O5/c1-4-25-17(22)14-10(3)19-9(2)13(16(18)21)15(14)11-6-5-7-12(8-11)20(23)24/h5-8,15,19H,4H2,1-3H3. The molecule has 0 bridgehead atoms. The number of hydrogen-bond donors (Lipinski definition) is 1. The van der Waals surface area contributed by atoms with Crippen molar-refractivity contribution in [3.05, 3.63) is 62.5 Å². The number of nitro groups is 1. The normalized spacial score (nSPS) is 17.2. The van der Waals surface area contributed by atoms with Crippen molar-refractivity contribution in [1.29, 1.82) is 0 Å². The zero-order valence-electron chi connectivity index (χ0n) is 14.0. The van der Waals surface area contributed by atoms with E-state index in [2.05, 4.69) is 5.32 Å². The quantitative estimate of drug-likeness (QED) is 0.373. The number of esters is 1. The molecule has 0 aliphatic carbocycles. The third-order valence-corrected chi connectivity index (χ3v) is 4.09. The molecular formula is C17H17ClN2O5. The molecular weight excluding hydrogens is 348 g/mol. The first-order chi connectivity index (χ1) is 11.8. The predicted molar refractivity (Wildman–Crippen MR) is 91.9 cm³/mol. The second kappa shape index (κ2) is 7.48. The third kappa shape index (κ3) is 3.71. The van der Waals surface area contributed by atoms with E-state index in [4.69, 9.17) is 16.3 Å². The fourth-order valence-corrected chi connectivity index (χ4v) is 3.14. The number of hydrogen-bond acceptors (Lipinski definition) is 6. The SMILES string of the molecule is CCOC(=O)C1=C(C)NC(C)=C(C(=O)Cl)C1c1cccc([N+](=O)[O-])c1. The van der Waals surface area contributed by atoms with Crippen molar-refractivity contribution >= 4 is 28.5 Å². The number of benzene rings is 1. The highest BCUT2D eigenvalue weighted by Crippen LogP contribution is 2.40. The Morgan fingerprint density at radius 2 is 1.92 bits per heavy atom. The lowest BCUT2D eigenvalue weighted by Gasteiger charge is -2.29. The second-order valence-electron chi connectivity index (χ2n) is 5.48. The molecule has 0 fully saturated rings. The highest BCUT2D eigenvalue weighted by molar-refractivity contribution is 6.68. The van der Waals surface area contributed by atoms with Gasteiger partial charge >= 0.3 is 5.97 Å². The fourth-order valence-electron chi connectivity index (χ4n) is 2.89. The summed E-state index contributed by atoms with van der Waals surface area (Å²) in [6.07, 6.45) is 0. The van der Waals surface area contributed by atoms with Gasteiger partial charge in [-0.15, -0.1) is 0 Å². The van der Waals surface area contributed by atoms with E-state index in [1.807, 2.05) is 0 Å². The van der Waals surface area contributed by atoms with Crippen LogP contribution in [-0.2, 0) is 14.3 Å². The molecule has 1 aliphatic heterocycles. The maximum atomic E-state index is 12.5. The van der Waals surface area contributed by atoms with Gasteiger partial charge in [0.1, 0.15) is 0 Å². The van der Waals surface area contributed by atoms with Crippen LogP contribution in [0.2, 0.25) is 0 Å². The smallest absolute Gasteiger partial charge is 0.336 e. The monoisotopic (exact) mass is 364 g/mol. The van der Waals surface area contributed by atoms with Crippen molar-refractivity contribution < 1.29 is 19.2 Å². The summed E-state index contributed by atoms with van der Waals surface area (Å²) in [5, 5.41) is 13.3. The average molecular weight is 365 g/mol. The van der Waals surface area contributed by atoms with Crippen LogP contribution in [0.3, 0.4) is 0 Å². The molecule has 1 aromatic rings. The average Bonchev–Trinajstić information content (AvgIpc) is 2.53. The lowest BCUT2D eigenvalue weighted by atomic mass is 9.81. The lowest BCUT2D eigenvalue weighted by molar-refractivity contribution is -0.384. The van der Waals surface area contributed by atoms with Crippen molar-refractivity contribution in [3.8, 4) is 0 Å². The number of carbonyl (C=O) groups is 2. The van der Waals surface area contributed by atoms with Gasteiger partial charge in [-0.05, 0) is 37.9 Å². The summed E-state index contributed by atoms with van der Waals surface area (Å²) in [4.78, 5) is 35.0. The van der Waals surface area contributed by atoms with E-state index in [1.54, 1.807) is 26.8 Å². The lowest BCUT2D eigenvalue weighted by Crippen LogP contribution is -2.30. The van der Waals surface area contributed by atoms with Gasteiger partial charge < -0.3 is 10.1 Å². The first-order valence-electron chi connectivity index (χ1n) is 7.57. The van der Waals surface area contributed by atoms with Crippen LogP contribution in [0.25, 0.3) is 0 Å². The Morgan fingerprint density at radius 1 is 1.28 bits per heavy atom. The molecule has 1 aromatic carbocycles. The van der Waals surface area contributed by atoms with Crippen LogP contribution in [0, 0.1) is 10.1 Å². The molecule has 25 heavy (non-hydrogen) atoms.